The van der Waals surface area contributed by atoms with Crippen molar-refractivity contribution in [2.75, 3.05) is 13.2 Å². The van der Waals surface area contributed by atoms with E-state index in [0.29, 0.717) is 34.5 Å². The van der Waals surface area contributed by atoms with Crippen molar-refractivity contribution in [2.24, 2.45) is 16.5 Å². The molecule has 1 heterocycles. The lowest BCUT2D eigenvalue weighted by atomic mass is 9.49. The first-order chi connectivity index (χ1) is 17.0. The fourth-order valence-electron chi connectivity index (χ4n) is 5.89. The van der Waals surface area contributed by atoms with E-state index in [2.05, 4.69) is 59.3 Å². The SMILES string of the molecule is CC(C)c1cc2c(cc1Br)[C@@]1(C)CCC[C@@](C)(C(=O)O)[C@@H]1C/C2=N\OCCNC(=O)c1ccc(Cl)s1. The molecule has 1 aromatic heterocycles. The van der Waals surface area contributed by atoms with Crippen molar-refractivity contribution < 1.29 is 19.5 Å². The zero-order chi connectivity index (χ0) is 26.3. The Bertz CT molecular complexity index is 1210. The van der Waals surface area contributed by atoms with Crippen LogP contribution in [0, 0.1) is 11.3 Å². The van der Waals surface area contributed by atoms with Crippen LogP contribution in [-0.2, 0) is 15.0 Å². The smallest absolute Gasteiger partial charge is 0.309 e. The van der Waals surface area contributed by atoms with Crippen LogP contribution in [0.2, 0.25) is 4.34 Å². The molecule has 0 saturated heterocycles. The third kappa shape index (κ3) is 4.96. The molecular formula is C27H32BrClN2O4S. The Morgan fingerprint density at radius 1 is 1.31 bits per heavy atom. The number of amides is 1. The maximum absolute atomic E-state index is 12.5. The number of nitrogens with zero attached hydrogens (tertiary/aromatic N) is 1. The second kappa shape index (κ2) is 10.5. The van der Waals surface area contributed by atoms with Crippen molar-refractivity contribution in [3.05, 3.63) is 54.6 Å². The van der Waals surface area contributed by atoms with E-state index in [1.165, 1.54) is 16.9 Å². The van der Waals surface area contributed by atoms with Gasteiger partial charge in [0.05, 0.1) is 26.9 Å². The molecule has 2 N–H and O–H groups in total. The monoisotopic (exact) mass is 594 g/mol. The summed E-state index contributed by atoms with van der Waals surface area (Å²) in [6.07, 6.45) is 2.99. The average Bonchev–Trinajstić information content (AvgIpc) is 3.25. The molecule has 0 spiro atoms. The number of oxime groups is 1. The highest BCUT2D eigenvalue weighted by Gasteiger charge is 2.56. The Morgan fingerprint density at radius 3 is 2.69 bits per heavy atom. The molecule has 4 rings (SSSR count). The Kier molecular flexibility index (Phi) is 7.89. The van der Waals surface area contributed by atoms with Crippen molar-refractivity contribution in [2.45, 2.75) is 64.7 Å². The molecule has 6 nitrogen and oxygen atoms in total. The molecule has 2 aromatic rings. The van der Waals surface area contributed by atoms with Gasteiger partial charge in [-0.3, -0.25) is 9.59 Å². The van der Waals surface area contributed by atoms with Crippen molar-refractivity contribution >= 4 is 56.5 Å². The predicted octanol–water partition coefficient (Wildman–Crippen LogP) is 6.99. The van der Waals surface area contributed by atoms with Gasteiger partial charge < -0.3 is 15.3 Å². The van der Waals surface area contributed by atoms with Gasteiger partial charge in [-0.25, -0.2) is 0 Å². The summed E-state index contributed by atoms with van der Waals surface area (Å²) >= 11 is 10.9. The van der Waals surface area contributed by atoms with E-state index < -0.39 is 11.4 Å². The van der Waals surface area contributed by atoms with Gasteiger partial charge in [-0.05, 0) is 78.8 Å². The summed E-state index contributed by atoms with van der Waals surface area (Å²) in [6, 6.07) is 7.74. The molecule has 194 valence electrons. The molecule has 3 atom stereocenters. The number of benzene rings is 1. The number of rotatable bonds is 7. The van der Waals surface area contributed by atoms with Gasteiger partial charge in [-0.2, -0.15) is 0 Å². The molecule has 1 amide bonds. The van der Waals surface area contributed by atoms with Crippen LogP contribution in [-0.4, -0.2) is 35.8 Å². The minimum Gasteiger partial charge on any atom is -0.481 e. The zero-order valence-corrected chi connectivity index (χ0v) is 24.1. The van der Waals surface area contributed by atoms with Gasteiger partial charge in [0.2, 0.25) is 0 Å². The van der Waals surface area contributed by atoms with E-state index in [4.69, 9.17) is 16.4 Å². The summed E-state index contributed by atoms with van der Waals surface area (Å²) in [7, 11) is 0. The first-order valence-electron chi connectivity index (χ1n) is 12.3. The topological polar surface area (TPSA) is 88.0 Å². The van der Waals surface area contributed by atoms with Gasteiger partial charge in [-0.1, -0.05) is 59.9 Å². The van der Waals surface area contributed by atoms with Crippen LogP contribution >= 0.6 is 38.9 Å². The van der Waals surface area contributed by atoms with Crippen molar-refractivity contribution in [3.8, 4) is 0 Å². The van der Waals surface area contributed by atoms with Crippen LogP contribution in [0.25, 0.3) is 0 Å². The number of halogens is 2. The largest absolute Gasteiger partial charge is 0.481 e. The second-order valence-electron chi connectivity index (χ2n) is 10.6. The van der Waals surface area contributed by atoms with Crippen LogP contribution in [0.1, 0.15) is 85.7 Å². The van der Waals surface area contributed by atoms with Gasteiger partial charge in [0.1, 0.15) is 6.61 Å². The van der Waals surface area contributed by atoms with E-state index in [-0.39, 0.29) is 23.8 Å². The molecule has 1 saturated carbocycles. The highest BCUT2D eigenvalue weighted by atomic mass is 79.9. The first-order valence-corrected chi connectivity index (χ1v) is 14.3. The van der Waals surface area contributed by atoms with E-state index in [9.17, 15) is 14.7 Å². The quantitative estimate of drug-likeness (QED) is 0.267. The van der Waals surface area contributed by atoms with Gasteiger partial charge in [-0.15, -0.1) is 11.3 Å². The summed E-state index contributed by atoms with van der Waals surface area (Å²) in [5, 5.41) is 17.6. The molecule has 1 fully saturated rings. The summed E-state index contributed by atoms with van der Waals surface area (Å²) in [5.74, 6) is -0.746. The van der Waals surface area contributed by atoms with E-state index in [1.54, 1.807) is 12.1 Å². The van der Waals surface area contributed by atoms with Gasteiger partial charge in [0.25, 0.3) is 5.91 Å². The first kappa shape index (κ1) is 27.1. The average molecular weight is 596 g/mol. The minimum absolute atomic E-state index is 0.105. The van der Waals surface area contributed by atoms with Crippen LogP contribution in [0.4, 0.5) is 0 Å². The Morgan fingerprint density at radius 2 is 2.06 bits per heavy atom. The number of thiophene rings is 1. The third-order valence-electron chi connectivity index (χ3n) is 7.95. The minimum atomic E-state index is -0.843. The highest BCUT2D eigenvalue weighted by molar-refractivity contribution is 9.10. The van der Waals surface area contributed by atoms with Crippen LogP contribution in [0.15, 0.2) is 33.9 Å². The molecule has 9 heteroatoms. The Hall–Kier alpha value is -1.90. The number of carbonyl (C=O) groups excluding carboxylic acids is 1. The molecular weight excluding hydrogens is 564 g/mol. The summed E-state index contributed by atoms with van der Waals surface area (Å²) in [5.41, 5.74) is 3.01. The van der Waals surface area contributed by atoms with Crippen LogP contribution in [0.3, 0.4) is 0 Å². The number of aliphatic carboxylic acids is 1. The fraction of sp³-hybridized carbons (Fsp3) is 0.519. The van der Waals surface area contributed by atoms with Crippen molar-refractivity contribution in [3.63, 3.8) is 0 Å². The summed E-state index contributed by atoms with van der Waals surface area (Å²) in [6.45, 7) is 8.89. The third-order valence-corrected chi connectivity index (χ3v) is 9.87. The molecule has 0 bridgehead atoms. The van der Waals surface area contributed by atoms with E-state index in [1.807, 2.05) is 6.92 Å². The lowest BCUT2D eigenvalue weighted by Crippen LogP contribution is -2.53. The van der Waals surface area contributed by atoms with Crippen molar-refractivity contribution in [1.29, 1.82) is 0 Å². The summed E-state index contributed by atoms with van der Waals surface area (Å²) < 4.78 is 1.60. The number of hydrogen-bond acceptors (Lipinski definition) is 5. The zero-order valence-electron chi connectivity index (χ0n) is 21.0. The number of carboxylic acid groups (broad SMARTS) is 1. The lowest BCUT2D eigenvalue weighted by Gasteiger charge is -2.53. The van der Waals surface area contributed by atoms with Gasteiger partial charge in [0.15, 0.2) is 0 Å². The normalized spacial score (nSPS) is 26.4. The molecule has 36 heavy (non-hydrogen) atoms. The Balaban J connectivity index is 1.61. The number of hydrogen-bond donors (Lipinski definition) is 2. The second-order valence-corrected chi connectivity index (χ2v) is 13.1. The lowest BCUT2D eigenvalue weighted by molar-refractivity contribution is -0.156. The molecule has 0 unspecified atom stereocenters. The number of nitrogens with one attached hydrogen (secondary N) is 1. The molecule has 1 aromatic carbocycles. The number of carboxylic acids is 1. The Labute approximate surface area is 229 Å². The van der Waals surface area contributed by atoms with Crippen LogP contribution in [0.5, 0.6) is 0 Å². The maximum Gasteiger partial charge on any atom is 0.309 e. The molecule has 2 aliphatic carbocycles. The highest BCUT2D eigenvalue weighted by Crippen LogP contribution is 2.58. The summed E-state index contributed by atoms with van der Waals surface area (Å²) in [4.78, 5) is 30.9. The molecule has 0 aliphatic heterocycles. The number of fused-ring (bicyclic) bond motifs is 3. The molecule has 2 aliphatic rings. The standard InChI is InChI=1S/C27H32BrClN2O4S/c1-15(2)16-12-17-18(13-19(16)28)26(3)8-5-9-27(4,25(33)34)22(26)14-20(17)31-35-11-10-30-24(32)21-6-7-23(29)36-21/h6-7,12-13,15,22H,5,8-11,14H2,1-4H3,(H,30,32)(H,33,34)/b31-20+/t22-,26-,27-/m1/s1. The van der Waals surface area contributed by atoms with Crippen LogP contribution < -0.4 is 5.32 Å². The van der Waals surface area contributed by atoms with Gasteiger partial charge in [0, 0.05) is 10.0 Å². The van der Waals surface area contributed by atoms with Gasteiger partial charge >= 0.3 is 5.97 Å². The van der Waals surface area contributed by atoms with Crippen molar-refractivity contribution in [1.82, 2.24) is 5.32 Å². The predicted molar refractivity (Wildman–Crippen MR) is 147 cm³/mol. The van der Waals surface area contributed by atoms with E-state index >= 15 is 0 Å². The molecule has 0 radical (unpaired) electrons. The maximum atomic E-state index is 12.5. The fourth-order valence-corrected chi connectivity index (χ4v) is 7.65. The number of carbonyl (C=O) groups is 2. The van der Waals surface area contributed by atoms with E-state index in [0.717, 1.165) is 34.2 Å².